The van der Waals surface area contributed by atoms with Crippen LogP contribution in [0.3, 0.4) is 0 Å². The molecule has 0 atom stereocenters. The van der Waals surface area contributed by atoms with Crippen LogP contribution >= 0.6 is 0 Å². The average molecular weight is 278 g/mol. The van der Waals surface area contributed by atoms with Crippen molar-refractivity contribution in [1.29, 1.82) is 0 Å². The highest BCUT2D eigenvalue weighted by atomic mass is 19.1. The van der Waals surface area contributed by atoms with Crippen LogP contribution in [0.4, 0.5) is 4.39 Å². The highest BCUT2D eigenvalue weighted by Gasteiger charge is 2.09. The predicted molar refractivity (Wildman–Crippen MR) is 82.2 cm³/mol. The first-order valence-electron chi connectivity index (χ1n) is 6.68. The zero-order valence-corrected chi connectivity index (χ0v) is 11.3. The molecule has 4 rings (SSSR count). The lowest BCUT2D eigenvalue weighted by atomic mass is 10.0. The third-order valence-corrected chi connectivity index (χ3v) is 3.74. The fourth-order valence-corrected chi connectivity index (χ4v) is 2.69. The minimum absolute atomic E-state index is 0.200. The second-order valence-electron chi connectivity index (χ2n) is 5.27. The number of hydrogen-bond acceptors (Lipinski definition) is 2. The molecule has 0 amide bonds. The van der Waals surface area contributed by atoms with Gasteiger partial charge in [0.1, 0.15) is 17.0 Å². The Hall–Kier alpha value is -2.68. The molecule has 0 aliphatic carbocycles. The van der Waals surface area contributed by atoms with E-state index in [0.717, 1.165) is 16.3 Å². The van der Waals surface area contributed by atoms with E-state index in [0.29, 0.717) is 16.6 Å². The van der Waals surface area contributed by atoms with Gasteiger partial charge in [0.05, 0.1) is 10.8 Å². The molecule has 0 aliphatic rings. The first kappa shape index (κ1) is 12.1. The topological polar surface area (TPSA) is 30.2 Å². The van der Waals surface area contributed by atoms with Crippen molar-refractivity contribution in [2.45, 2.75) is 6.92 Å². The van der Waals surface area contributed by atoms with Crippen LogP contribution < -0.4 is 5.43 Å². The van der Waals surface area contributed by atoms with Crippen molar-refractivity contribution in [1.82, 2.24) is 0 Å². The summed E-state index contributed by atoms with van der Waals surface area (Å²) in [5.74, 6) is -0.439. The quantitative estimate of drug-likeness (QED) is 0.442. The largest absolute Gasteiger partial charge is 0.456 e. The first-order valence-corrected chi connectivity index (χ1v) is 6.68. The highest BCUT2D eigenvalue weighted by Crippen LogP contribution is 2.25. The Morgan fingerprint density at radius 3 is 2.52 bits per heavy atom. The van der Waals surface area contributed by atoms with Gasteiger partial charge in [0.15, 0.2) is 0 Å². The molecule has 3 aromatic carbocycles. The van der Waals surface area contributed by atoms with Gasteiger partial charge in [0.2, 0.25) is 5.43 Å². The highest BCUT2D eigenvalue weighted by molar-refractivity contribution is 5.99. The van der Waals surface area contributed by atoms with Gasteiger partial charge in [-0.15, -0.1) is 0 Å². The Morgan fingerprint density at radius 2 is 1.67 bits per heavy atom. The number of fused-ring (bicyclic) bond motifs is 3. The lowest BCUT2D eigenvalue weighted by Crippen LogP contribution is -2.02. The van der Waals surface area contributed by atoms with Crippen LogP contribution in [-0.4, -0.2) is 0 Å². The minimum atomic E-state index is -0.439. The van der Waals surface area contributed by atoms with Crippen molar-refractivity contribution in [3.05, 3.63) is 70.1 Å². The van der Waals surface area contributed by atoms with E-state index in [4.69, 9.17) is 4.42 Å². The van der Waals surface area contributed by atoms with Gasteiger partial charge in [-0.3, -0.25) is 4.79 Å². The van der Waals surface area contributed by atoms with E-state index in [1.807, 2.05) is 37.3 Å². The standard InChI is InChI=1S/C18H11FO2/c1-10-2-3-11-8-17-14(7-12(11)6-10)18(20)15-9-13(19)4-5-16(15)21-17/h2-9H,1H3. The van der Waals surface area contributed by atoms with Gasteiger partial charge in [-0.1, -0.05) is 23.8 Å². The summed E-state index contributed by atoms with van der Waals surface area (Å²) in [4.78, 5) is 12.5. The zero-order chi connectivity index (χ0) is 14.6. The molecule has 0 saturated carbocycles. The maximum atomic E-state index is 13.3. The van der Waals surface area contributed by atoms with Crippen LogP contribution in [0.2, 0.25) is 0 Å². The average Bonchev–Trinajstić information content (AvgIpc) is 2.47. The summed E-state index contributed by atoms with van der Waals surface area (Å²) in [6.07, 6.45) is 0. The molecule has 0 fully saturated rings. The monoisotopic (exact) mass is 278 g/mol. The SMILES string of the molecule is Cc1ccc2cc3oc4ccc(F)cc4c(=O)c3cc2c1. The van der Waals surface area contributed by atoms with E-state index in [9.17, 15) is 9.18 Å². The van der Waals surface area contributed by atoms with Crippen LogP contribution in [0, 0.1) is 12.7 Å². The molecule has 1 aromatic heterocycles. The van der Waals surface area contributed by atoms with Gasteiger partial charge < -0.3 is 4.42 Å². The second kappa shape index (κ2) is 4.16. The summed E-state index contributed by atoms with van der Waals surface area (Å²) >= 11 is 0. The van der Waals surface area contributed by atoms with Crippen LogP contribution in [-0.2, 0) is 0 Å². The Kier molecular flexibility index (Phi) is 2.39. The van der Waals surface area contributed by atoms with Gasteiger partial charge in [-0.25, -0.2) is 4.39 Å². The van der Waals surface area contributed by atoms with Crippen molar-refractivity contribution in [2.24, 2.45) is 0 Å². The molecule has 3 heteroatoms. The van der Waals surface area contributed by atoms with Crippen molar-refractivity contribution in [3.63, 3.8) is 0 Å². The first-order chi connectivity index (χ1) is 10.1. The van der Waals surface area contributed by atoms with Crippen LogP contribution in [0.1, 0.15) is 5.56 Å². The van der Waals surface area contributed by atoms with Gasteiger partial charge in [0.25, 0.3) is 0 Å². The molecule has 0 unspecified atom stereocenters. The summed E-state index contributed by atoms with van der Waals surface area (Å²) in [5, 5.41) is 2.74. The zero-order valence-electron chi connectivity index (χ0n) is 11.3. The normalized spacial score (nSPS) is 11.5. The Balaban J connectivity index is 2.23. The molecule has 0 spiro atoms. The van der Waals surface area contributed by atoms with E-state index in [1.165, 1.54) is 18.2 Å². The molecule has 2 nitrogen and oxygen atoms in total. The number of rotatable bonds is 0. The third kappa shape index (κ3) is 1.82. The molecular formula is C18H11FO2. The van der Waals surface area contributed by atoms with Crippen molar-refractivity contribution in [3.8, 4) is 0 Å². The van der Waals surface area contributed by atoms with Gasteiger partial charge >= 0.3 is 0 Å². The number of benzene rings is 3. The van der Waals surface area contributed by atoms with E-state index in [2.05, 4.69) is 0 Å². The fraction of sp³-hybridized carbons (Fsp3) is 0.0556. The second-order valence-corrected chi connectivity index (χ2v) is 5.27. The summed E-state index contributed by atoms with van der Waals surface area (Å²) in [6.45, 7) is 2.00. The van der Waals surface area contributed by atoms with E-state index >= 15 is 0 Å². The van der Waals surface area contributed by atoms with E-state index in [1.54, 1.807) is 0 Å². The van der Waals surface area contributed by atoms with Crippen molar-refractivity contribution < 1.29 is 8.81 Å². The van der Waals surface area contributed by atoms with Crippen molar-refractivity contribution in [2.75, 3.05) is 0 Å². The summed E-state index contributed by atoms with van der Waals surface area (Å²) in [7, 11) is 0. The molecule has 102 valence electrons. The Labute approximate surface area is 119 Å². The van der Waals surface area contributed by atoms with Gasteiger partial charge in [-0.2, -0.15) is 0 Å². The number of aryl methyl sites for hydroxylation is 1. The van der Waals surface area contributed by atoms with Crippen LogP contribution in [0.15, 0.2) is 57.7 Å². The molecule has 21 heavy (non-hydrogen) atoms. The van der Waals surface area contributed by atoms with E-state index < -0.39 is 5.82 Å². The predicted octanol–water partition coefficient (Wildman–Crippen LogP) is 4.55. The summed E-state index contributed by atoms with van der Waals surface area (Å²) < 4.78 is 19.1. The number of halogens is 1. The maximum Gasteiger partial charge on any atom is 0.200 e. The summed E-state index contributed by atoms with van der Waals surface area (Å²) in [5.41, 5.74) is 1.85. The lowest BCUT2D eigenvalue weighted by Gasteiger charge is -2.04. The van der Waals surface area contributed by atoms with Crippen LogP contribution in [0.25, 0.3) is 32.7 Å². The van der Waals surface area contributed by atoms with Crippen LogP contribution in [0.5, 0.6) is 0 Å². The minimum Gasteiger partial charge on any atom is -0.456 e. The molecule has 1 heterocycles. The molecule has 0 radical (unpaired) electrons. The number of hydrogen-bond donors (Lipinski definition) is 0. The smallest absolute Gasteiger partial charge is 0.200 e. The van der Waals surface area contributed by atoms with E-state index in [-0.39, 0.29) is 10.8 Å². The molecule has 4 aromatic rings. The summed E-state index contributed by atoms with van der Waals surface area (Å²) in [6, 6.07) is 13.7. The molecular weight excluding hydrogens is 267 g/mol. The lowest BCUT2D eigenvalue weighted by molar-refractivity contribution is 0.623. The molecule has 0 N–H and O–H groups in total. The fourth-order valence-electron chi connectivity index (χ4n) is 2.69. The Bertz CT molecular complexity index is 1070. The maximum absolute atomic E-state index is 13.3. The molecule has 0 bridgehead atoms. The van der Waals surface area contributed by atoms with Gasteiger partial charge in [-0.05, 0) is 48.0 Å². The Morgan fingerprint density at radius 1 is 0.857 bits per heavy atom. The van der Waals surface area contributed by atoms with Crippen molar-refractivity contribution >= 4 is 32.7 Å². The molecule has 0 aliphatic heterocycles. The molecule has 0 saturated heterocycles. The van der Waals surface area contributed by atoms with Gasteiger partial charge in [0, 0.05) is 0 Å². The third-order valence-electron chi connectivity index (χ3n) is 3.74.